The number of hydrazine groups is 1. The maximum atomic E-state index is 12.4. The van der Waals surface area contributed by atoms with Crippen molar-refractivity contribution in [1.82, 2.24) is 20.3 Å². The first-order valence-corrected chi connectivity index (χ1v) is 8.04. The Hall–Kier alpha value is -3.16. The number of para-hydroxylation sites is 1. The van der Waals surface area contributed by atoms with Crippen LogP contribution in [0.4, 0.5) is 5.69 Å². The molecule has 1 unspecified atom stereocenters. The maximum Gasteiger partial charge on any atom is 0.288 e. The van der Waals surface area contributed by atoms with Gasteiger partial charge in [-0.25, -0.2) is 15.0 Å². The summed E-state index contributed by atoms with van der Waals surface area (Å²) < 4.78 is 1.90. The van der Waals surface area contributed by atoms with Crippen molar-refractivity contribution in [3.63, 3.8) is 0 Å². The van der Waals surface area contributed by atoms with Crippen LogP contribution in [0, 0.1) is 0 Å². The number of anilines is 1. The minimum absolute atomic E-state index is 0.121. The van der Waals surface area contributed by atoms with E-state index in [2.05, 4.69) is 20.7 Å². The van der Waals surface area contributed by atoms with Crippen molar-refractivity contribution in [3.05, 3.63) is 48.5 Å². The SMILES string of the molecule is CC1N=C(C(=O)NCCc2nccn2C)NN(c2ccccc2)C1=O. The quantitative estimate of drug-likeness (QED) is 0.825. The Labute approximate surface area is 145 Å². The monoisotopic (exact) mass is 340 g/mol. The molecule has 1 aromatic carbocycles. The molecule has 0 bridgehead atoms. The molecule has 0 aliphatic carbocycles. The molecule has 0 saturated heterocycles. The lowest BCUT2D eigenvalue weighted by molar-refractivity contribution is -0.120. The van der Waals surface area contributed by atoms with Crippen molar-refractivity contribution in [1.29, 1.82) is 0 Å². The molecule has 8 nitrogen and oxygen atoms in total. The highest BCUT2D eigenvalue weighted by Crippen LogP contribution is 2.15. The summed E-state index contributed by atoms with van der Waals surface area (Å²) in [4.78, 5) is 33.1. The number of aromatic nitrogens is 2. The fraction of sp³-hybridized carbons (Fsp3) is 0.294. The molecular formula is C17H20N6O2. The van der Waals surface area contributed by atoms with E-state index in [0.29, 0.717) is 18.7 Å². The predicted octanol–water partition coefficient (Wildman–Crippen LogP) is 0.417. The van der Waals surface area contributed by atoms with Gasteiger partial charge in [-0.05, 0) is 19.1 Å². The molecule has 0 radical (unpaired) electrons. The standard InChI is InChI=1S/C17H20N6O2/c1-12-17(25)23(13-6-4-3-5-7-13)21-15(20-12)16(24)19-9-8-14-18-10-11-22(14)2/h3-7,10-12H,8-9H2,1-2H3,(H,19,24)(H,20,21). The summed E-state index contributed by atoms with van der Waals surface area (Å²) in [5, 5.41) is 4.15. The number of imidazole rings is 1. The van der Waals surface area contributed by atoms with Crippen LogP contribution in [0.1, 0.15) is 12.7 Å². The van der Waals surface area contributed by atoms with E-state index in [0.717, 1.165) is 5.82 Å². The van der Waals surface area contributed by atoms with Gasteiger partial charge in [0.15, 0.2) is 0 Å². The number of carbonyl (C=O) groups excluding carboxylic acids is 2. The van der Waals surface area contributed by atoms with E-state index < -0.39 is 6.04 Å². The van der Waals surface area contributed by atoms with Crippen LogP contribution in [0.25, 0.3) is 0 Å². The molecule has 8 heteroatoms. The smallest absolute Gasteiger partial charge is 0.288 e. The Morgan fingerprint density at radius 1 is 1.32 bits per heavy atom. The number of hydrogen-bond donors (Lipinski definition) is 2. The van der Waals surface area contributed by atoms with Gasteiger partial charge in [0.2, 0.25) is 5.84 Å². The molecule has 3 rings (SSSR count). The van der Waals surface area contributed by atoms with E-state index in [1.807, 2.05) is 36.0 Å². The molecule has 2 aromatic rings. The highest BCUT2D eigenvalue weighted by Gasteiger charge is 2.30. The summed E-state index contributed by atoms with van der Waals surface area (Å²) in [7, 11) is 1.90. The van der Waals surface area contributed by atoms with Crippen LogP contribution in [0.3, 0.4) is 0 Å². The van der Waals surface area contributed by atoms with Crippen LogP contribution in [0.5, 0.6) is 0 Å². The van der Waals surface area contributed by atoms with Crippen LogP contribution in [-0.4, -0.2) is 39.8 Å². The second-order valence-corrected chi connectivity index (χ2v) is 5.73. The van der Waals surface area contributed by atoms with Crippen LogP contribution in [-0.2, 0) is 23.1 Å². The average molecular weight is 340 g/mol. The zero-order valence-electron chi connectivity index (χ0n) is 14.1. The Kier molecular flexibility index (Phi) is 4.78. The Balaban J connectivity index is 1.64. The van der Waals surface area contributed by atoms with Crippen LogP contribution in [0.2, 0.25) is 0 Å². The van der Waals surface area contributed by atoms with Crippen molar-refractivity contribution in [3.8, 4) is 0 Å². The number of nitrogens with zero attached hydrogens (tertiary/aromatic N) is 4. The predicted molar refractivity (Wildman–Crippen MR) is 93.9 cm³/mol. The van der Waals surface area contributed by atoms with Gasteiger partial charge in [0.25, 0.3) is 11.8 Å². The minimum Gasteiger partial charge on any atom is -0.349 e. The maximum absolute atomic E-state index is 12.4. The number of amidine groups is 1. The summed E-state index contributed by atoms with van der Waals surface area (Å²) in [6.07, 6.45) is 4.18. The molecule has 2 heterocycles. The van der Waals surface area contributed by atoms with Crippen molar-refractivity contribution < 1.29 is 9.59 Å². The summed E-state index contributed by atoms with van der Waals surface area (Å²) in [5.41, 5.74) is 3.47. The van der Waals surface area contributed by atoms with E-state index >= 15 is 0 Å². The lowest BCUT2D eigenvalue weighted by atomic mass is 10.2. The third kappa shape index (κ3) is 3.68. The zero-order valence-corrected chi connectivity index (χ0v) is 14.1. The molecule has 1 aromatic heterocycles. The summed E-state index contributed by atoms with van der Waals surface area (Å²) in [6.45, 7) is 2.10. The number of amides is 2. The van der Waals surface area contributed by atoms with Gasteiger partial charge < -0.3 is 9.88 Å². The third-order valence-corrected chi connectivity index (χ3v) is 3.90. The number of rotatable bonds is 5. The van der Waals surface area contributed by atoms with E-state index in [-0.39, 0.29) is 17.6 Å². The molecule has 2 amide bonds. The number of hydrogen-bond acceptors (Lipinski definition) is 5. The molecule has 0 fully saturated rings. The summed E-state index contributed by atoms with van der Waals surface area (Å²) in [6, 6.07) is 8.47. The second kappa shape index (κ2) is 7.16. The van der Waals surface area contributed by atoms with Gasteiger partial charge in [-0.1, -0.05) is 18.2 Å². The Bertz CT molecular complexity index is 798. The second-order valence-electron chi connectivity index (χ2n) is 5.73. The lowest BCUT2D eigenvalue weighted by Gasteiger charge is -2.30. The van der Waals surface area contributed by atoms with Gasteiger partial charge in [0.1, 0.15) is 11.9 Å². The van der Waals surface area contributed by atoms with E-state index in [9.17, 15) is 9.59 Å². The van der Waals surface area contributed by atoms with Gasteiger partial charge >= 0.3 is 0 Å². The van der Waals surface area contributed by atoms with Crippen molar-refractivity contribution in [2.24, 2.45) is 12.0 Å². The van der Waals surface area contributed by atoms with Crippen LogP contribution < -0.4 is 15.8 Å². The Morgan fingerprint density at radius 3 is 2.76 bits per heavy atom. The molecule has 1 atom stereocenters. The van der Waals surface area contributed by atoms with Crippen molar-refractivity contribution in [2.45, 2.75) is 19.4 Å². The molecule has 1 aliphatic heterocycles. The van der Waals surface area contributed by atoms with Crippen molar-refractivity contribution >= 4 is 23.3 Å². The number of aryl methyl sites for hydroxylation is 1. The summed E-state index contributed by atoms with van der Waals surface area (Å²) >= 11 is 0. The minimum atomic E-state index is -0.628. The average Bonchev–Trinajstić information content (AvgIpc) is 3.03. The zero-order chi connectivity index (χ0) is 17.8. The fourth-order valence-electron chi connectivity index (χ4n) is 2.51. The Morgan fingerprint density at radius 2 is 2.08 bits per heavy atom. The molecular weight excluding hydrogens is 320 g/mol. The van der Waals surface area contributed by atoms with Crippen LogP contribution >= 0.6 is 0 Å². The van der Waals surface area contributed by atoms with Gasteiger partial charge in [0, 0.05) is 32.4 Å². The van der Waals surface area contributed by atoms with Crippen molar-refractivity contribution in [2.75, 3.05) is 11.6 Å². The first-order chi connectivity index (χ1) is 12.1. The van der Waals surface area contributed by atoms with Gasteiger partial charge in [-0.3, -0.25) is 15.0 Å². The van der Waals surface area contributed by atoms with E-state index in [1.54, 1.807) is 25.3 Å². The number of aliphatic imine (C=N–C) groups is 1. The highest BCUT2D eigenvalue weighted by molar-refractivity contribution is 6.39. The largest absolute Gasteiger partial charge is 0.349 e. The molecule has 0 spiro atoms. The molecule has 0 saturated carbocycles. The number of nitrogens with one attached hydrogen (secondary N) is 2. The van der Waals surface area contributed by atoms with Gasteiger partial charge in [-0.2, -0.15) is 0 Å². The normalized spacial score (nSPS) is 17.0. The van der Waals surface area contributed by atoms with Gasteiger partial charge in [-0.15, -0.1) is 0 Å². The fourth-order valence-corrected chi connectivity index (χ4v) is 2.51. The molecule has 130 valence electrons. The molecule has 25 heavy (non-hydrogen) atoms. The molecule has 1 aliphatic rings. The van der Waals surface area contributed by atoms with E-state index in [4.69, 9.17) is 0 Å². The highest BCUT2D eigenvalue weighted by atomic mass is 16.2. The topological polar surface area (TPSA) is 91.6 Å². The number of carbonyl (C=O) groups is 2. The first-order valence-electron chi connectivity index (χ1n) is 8.04. The van der Waals surface area contributed by atoms with Crippen LogP contribution in [0.15, 0.2) is 47.7 Å². The third-order valence-electron chi connectivity index (χ3n) is 3.90. The number of benzene rings is 1. The summed E-state index contributed by atoms with van der Waals surface area (Å²) in [5.74, 6) is 0.439. The first kappa shape index (κ1) is 16.7. The lowest BCUT2D eigenvalue weighted by Crippen LogP contribution is -2.58. The van der Waals surface area contributed by atoms with E-state index in [1.165, 1.54) is 5.01 Å². The van der Waals surface area contributed by atoms with Gasteiger partial charge in [0.05, 0.1) is 5.69 Å². The molecule has 2 N–H and O–H groups in total.